The molecular formula is C9H17P. The maximum Gasteiger partial charge on any atom is -0.0209 e. The minimum Gasteiger partial charge on any atom is -0.104 e. The van der Waals surface area contributed by atoms with Gasteiger partial charge in [-0.15, -0.1) is 7.92 Å². The van der Waals surface area contributed by atoms with Crippen LogP contribution in [-0.4, -0.2) is 18.0 Å². The third-order valence-electron chi connectivity index (χ3n) is 3.31. The minimum absolute atomic E-state index is 0.470. The third-order valence-corrected chi connectivity index (χ3v) is 6.65. The van der Waals surface area contributed by atoms with Gasteiger partial charge in [0.1, 0.15) is 0 Å². The van der Waals surface area contributed by atoms with Gasteiger partial charge < -0.3 is 0 Å². The first-order valence-electron chi connectivity index (χ1n) is 4.60. The summed E-state index contributed by atoms with van der Waals surface area (Å²) in [5.41, 5.74) is 2.37. The topological polar surface area (TPSA) is 0 Å². The van der Waals surface area contributed by atoms with E-state index in [1.807, 2.05) is 0 Å². The van der Waals surface area contributed by atoms with Crippen LogP contribution in [0.1, 0.15) is 38.5 Å². The number of hydrogen-bond acceptors (Lipinski definition) is 0. The first kappa shape index (κ1) is 7.10. The average molecular weight is 156 g/mol. The molecule has 0 amide bonds. The number of rotatable bonds is 0. The summed E-state index contributed by atoms with van der Waals surface area (Å²) in [6.07, 6.45) is 9.36. The van der Waals surface area contributed by atoms with Crippen LogP contribution in [-0.2, 0) is 0 Å². The van der Waals surface area contributed by atoms with Crippen molar-refractivity contribution in [3.63, 3.8) is 0 Å². The van der Waals surface area contributed by atoms with Gasteiger partial charge >= 0.3 is 0 Å². The van der Waals surface area contributed by atoms with E-state index in [2.05, 4.69) is 6.66 Å². The Bertz CT molecular complexity index is 108. The van der Waals surface area contributed by atoms with Crippen molar-refractivity contribution in [3.05, 3.63) is 0 Å². The van der Waals surface area contributed by atoms with Crippen LogP contribution in [0.4, 0.5) is 0 Å². The van der Waals surface area contributed by atoms with Gasteiger partial charge in [-0.2, -0.15) is 0 Å². The maximum absolute atomic E-state index is 2.54. The molecule has 0 nitrogen and oxygen atoms in total. The van der Waals surface area contributed by atoms with Gasteiger partial charge in [0.05, 0.1) is 0 Å². The Morgan fingerprint density at radius 3 is 1.90 bits per heavy atom. The molecule has 2 heterocycles. The van der Waals surface area contributed by atoms with Crippen molar-refractivity contribution < 1.29 is 0 Å². The lowest BCUT2D eigenvalue weighted by Gasteiger charge is -2.16. The smallest absolute Gasteiger partial charge is 0.0209 e. The van der Waals surface area contributed by atoms with Crippen molar-refractivity contribution in [1.82, 2.24) is 0 Å². The zero-order valence-electron chi connectivity index (χ0n) is 6.84. The summed E-state index contributed by atoms with van der Waals surface area (Å²) in [5.74, 6) is 0. The van der Waals surface area contributed by atoms with E-state index in [-0.39, 0.29) is 0 Å². The predicted octanol–water partition coefficient (Wildman–Crippen LogP) is 3.20. The molecule has 2 bridgehead atoms. The van der Waals surface area contributed by atoms with Crippen LogP contribution in [0.5, 0.6) is 0 Å². The molecule has 1 heteroatoms. The Morgan fingerprint density at radius 2 is 1.40 bits per heavy atom. The van der Waals surface area contributed by atoms with Crippen molar-refractivity contribution >= 4 is 7.92 Å². The van der Waals surface area contributed by atoms with E-state index < -0.39 is 0 Å². The van der Waals surface area contributed by atoms with E-state index in [1.165, 1.54) is 24.2 Å². The Kier molecular flexibility index (Phi) is 2.00. The van der Waals surface area contributed by atoms with E-state index >= 15 is 0 Å². The Morgan fingerprint density at radius 1 is 0.900 bits per heavy atom. The molecule has 2 saturated heterocycles. The molecule has 0 aromatic rings. The first-order chi connectivity index (χ1) is 4.88. The molecule has 0 aromatic heterocycles. The molecule has 58 valence electrons. The van der Waals surface area contributed by atoms with Crippen LogP contribution in [0.2, 0.25) is 0 Å². The second kappa shape index (κ2) is 2.81. The molecule has 0 saturated carbocycles. The first-order valence-corrected chi connectivity index (χ1v) is 6.52. The molecule has 2 fully saturated rings. The molecule has 0 radical (unpaired) electrons. The SMILES string of the molecule is CP1C2CCCCC1CC2. The fourth-order valence-corrected chi connectivity index (χ4v) is 5.43. The van der Waals surface area contributed by atoms with Crippen molar-refractivity contribution in [3.8, 4) is 0 Å². The van der Waals surface area contributed by atoms with Crippen molar-refractivity contribution in [2.24, 2.45) is 0 Å². The molecule has 0 spiro atoms. The summed E-state index contributed by atoms with van der Waals surface area (Å²) in [5, 5.41) is 0. The fourth-order valence-electron chi connectivity index (χ4n) is 2.55. The summed E-state index contributed by atoms with van der Waals surface area (Å²) < 4.78 is 0. The van der Waals surface area contributed by atoms with Crippen LogP contribution in [0.15, 0.2) is 0 Å². The third kappa shape index (κ3) is 1.11. The van der Waals surface area contributed by atoms with E-state index in [9.17, 15) is 0 Å². The van der Waals surface area contributed by atoms with Crippen LogP contribution in [0, 0.1) is 0 Å². The highest BCUT2D eigenvalue weighted by Gasteiger charge is 2.33. The van der Waals surface area contributed by atoms with Crippen molar-refractivity contribution in [2.75, 3.05) is 6.66 Å². The standard InChI is InChI=1S/C9H17P/c1-10-8-4-2-3-5-9(10)7-6-8/h8-9H,2-7H2,1H3. The average Bonchev–Trinajstić information content (AvgIpc) is 2.06. The van der Waals surface area contributed by atoms with E-state index in [1.54, 1.807) is 25.7 Å². The Labute approximate surface area is 65.1 Å². The largest absolute Gasteiger partial charge is 0.104 e. The van der Waals surface area contributed by atoms with E-state index in [4.69, 9.17) is 0 Å². The zero-order valence-corrected chi connectivity index (χ0v) is 7.74. The molecular weight excluding hydrogens is 139 g/mol. The zero-order chi connectivity index (χ0) is 6.97. The molecule has 0 aromatic carbocycles. The highest BCUT2D eigenvalue weighted by atomic mass is 31.1. The monoisotopic (exact) mass is 156 g/mol. The summed E-state index contributed by atoms with van der Waals surface area (Å²) in [4.78, 5) is 0. The molecule has 2 rings (SSSR count). The second-order valence-corrected chi connectivity index (χ2v) is 6.63. The fraction of sp³-hybridized carbons (Fsp3) is 1.00. The van der Waals surface area contributed by atoms with Gasteiger partial charge in [-0.05, 0) is 43.7 Å². The highest BCUT2D eigenvalue weighted by Crippen LogP contribution is 2.57. The van der Waals surface area contributed by atoms with Gasteiger partial charge in [0.25, 0.3) is 0 Å². The Hall–Kier alpha value is 0.430. The molecule has 2 unspecified atom stereocenters. The van der Waals surface area contributed by atoms with Crippen molar-refractivity contribution in [1.29, 1.82) is 0 Å². The van der Waals surface area contributed by atoms with Gasteiger partial charge in [0, 0.05) is 0 Å². The lowest BCUT2D eigenvalue weighted by molar-refractivity contribution is 0.556. The minimum atomic E-state index is 0.470. The molecule has 0 N–H and O–H groups in total. The number of fused-ring (bicyclic) bond motifs is 2. The lowest BCUT2D eigenvalue weighted by atomic mass is 10.0. The van der Waals surface area contributed by atoms with Crippen LogP contribution < -0.4 is 0 Å². The maximum atomic E-state index is 2.54. The van der Waals surface area contributed by atoms with Gasteiger partial charge in [-0.25, -0.2) is 0 Å². The molecule has 2 atom stereocenters. The quantitative estimate of drug-likeness (QED) is 0.472. The van der Waals surface area contributed by atoms with Crippen molar-refractivity contribution in [2.45, 2.75) is 49.8 Å². The molecule has 2 aliphatic rings. The van der Waals surface area contributed by atoms with Gasteiger partial charge in [0.15, 0.2) is 0 Å². The summed E-state index contributed by atoms with van der Waals surface area (Å²) in [7, 11) is 0.470. The summed E-state index contributed by atoms with van der Waals surface area (Å²) in [6.45, 7) is 2.54. The van der Waals surface area contributed by atoms with E-state index in [0.717, 1.165) is 0 Å². The molecule has 2 aliphatic heterocycles. The summed E-state index contributed by atoms with van der Waals surface area (Å²) >= 11 is 0. The van der Waals surface area contributed by atoms with E-state index in [0.29, 0.717) is 7.92 Å². The number of hydrogen-bond donors (Lipinski definition) is 0. The lowest BCUT2D eigenvalue weighted by Crippen LogP contribution is -1.97. The van der Waals surface area contributed by atoms with Crippen LogP contribution in [0.3, 0.4) is 0 Å². The Balaban J connectivity index is 2.07. The highest BCUT2D eigenvalue weighted by molar-refractivity contribution is 7.58. The molecule has 0 aliphatic carbocycles. The van der Waals surface area contributed by atoms with Gasteiger partial charge in [-0.1, -0.05) is 12.8 Å². The second-order valence-electron chi connectivity index (χ2n) is 3.83. The summed E-state index contributed by atoms with van der Waals surface area (Å²) in [6, 6.07) is 0. The van der Waals surface area contributed by atoms with Gasteiger partial charge in [-0.3, -0.25) is 0 Å². The normalized spacial score (nSPS) is 47.1. The molecule has 10 heavy (non-hydrogen) atoms. The van der Waals surface area contributed by atoms with Crippen LogP contribution in [0.25, 0.3) is 0 Å². The predicted molar refractivity (Wildman–Crippen MR) is 48.1 cm³/mol. The van der Waals surface area contributed by atoms with Crippen LogP contribution >= 0.6 is 7.92 Å². The van der Waals surface area contributed by atoms with Gasteiger partial charge in [0.2, 0.25) is 0 Å².